The molecule has 2 nitrogen and oxygen atoms in total. The lowest BCUT2D eigenvalue weighted by atomic mass is 9.59. The summed E-state index contributed by atoms with van der Waals surface area (Å²) in [5.41, 5.74) is 12.0. The molecule has 6 aromatic rings. The van der Waals surface area contributed by atoms with E-state index in [1.165, 1.54) is 60.5 Å². The van der Waals surface area contributed by atoms with Gasteiger partial charge in [0.05, 0.1) is 11.0 Å². The van der Waals surface area contributed by atoms with E-state index in [1.807, 2.05) is 0 Å². The molecule has 0 fully saturated rings. The highest BCUT2D eigenvalue weighted by atomic mass is 16.3. The Morgan fingerprint density at radius 1 is 0.432 bits per heavy atom. The standard InChI is InChI=1S/C42H47NO/c1-37(2)29-20-26-27-21-30-32(40(7,8)42(11,12)38(30,3)4)23-34(27)43(33(26)22-31(29)39(5,6)41(37,9)10)24-17-18-36-28(19-24)25-15-13-14-16-35(25)44-36/h13-23H,1-12H3. The maximum absolute atomic E-state index is 6.26. The maximum atomic E-state index is 6.26. The molecule has 0 N–H and O–H groups in total. The number of nitrogens with zero attached hydrogens (tertiary/aromatic N) is 1. The van der Waals surface area contributed by atoms with Crippen LogP contribution in [0.5, 0.6) is 0 Å². The first-order valence-corrected chi connectivity index (χ1v) is 16.5. The van der Waals surface area contributed by atoms with E-state index in [-0.39, 0.29) is 32.5 Å². The Hall–Kier alpha value is -3.52. The molecular formula is C42H47NO. The first kappa shape index (κ1) is 28.0. The number of para-hydroxylation sites is 1. The van der Waals surface area contributed by atoms with Crippen LogP contribution in [-0.4, -0.2) is 4.57 Å². The van der Waals surface area contributed by atoms with Gasteiger partial charge in [0.25, 0.3) is 0 Å². The third-order valence-electron chi connectivity index (χ3n) is 14.6. The molecule has 0 spiro atoms. The Morgan fingerprint density at radius 3 is 1.36 bits per heavy atom. The van der Waals surface area contributed by atoms with Crippen LogP contribution in [0, 0.1) is 10.8 Å². The van der Waals surface area contributed by atoms with Gasteiger partial charge in [0.15, 0.2) is 0 Å². The van der Waals surface area contributed by atoms with Gasteiger partial charge in [-0.1, -0.05) is 101 Å². The zero-order valence-electron chi connectivity index (χ0n) is 28.7. The summed E-state index contributed by atoms with van der Waals surface area (Å²) < 4.78 is 8.81. The molecule has 4 aromatic carbocycles. The van der Waals surface area contributed by atoms with Crippen molar-refractivity contribution in [2.24, 2.45) is 10.8 Å². The first-order chi connectivity index (χ1) is 20.4. The highest BCUT2D eigenvalue weighted by molar-refractivity contribution is 6.12. The van der Waals surface area contributed by atoms with Crippen molar-refractivity contribution in [1.29, 1.82) is 0 Å². The zero-order valence-corrected chi connectivity index (χ0v) is 28.7. The van der Waals surface area contributed by atoms with Gasteiger partial charge in [-0.25, -0.2) is 0 Å². The van der Waals surface area contributed by atoms with Crippen molar-refractivity contribution in [2.75, 3.05) is 0 Å². The molecule has 0 bridgehead atoms. The van der Waals surface area contributed by atoms with E-state index in [1.54, 1.807) is 0 Å². The molecule has 2 aliphatic carbocycles. The molecule has 0 saturated heterocycles. The Labute approximate surface area is 262 Å². The lowest BCUT2D eigenvalue weighted by molar-refractivity contribution is 0.125. The molecule has 0 unspecified atom stereocenters. The monoisotopic (exact) mass is 581 g/mol. The van der Waals surface area contributed by atoms with E-state index in [4.69, 9.17) is 4.42 Å². The molecule has 226 valence electrons. The second-order valence-electron chi connectivity index (χ2n) is 17.2. The summed E-state index contributed by atoms with van der Waals surface area (Å²) in [4.78, 5) is 0. The van der Waals surface area contributed by atoms with Gasteiger partial charge in [-0.05, 0) is 103 Å². The van der Waals surface area contributed by atoms with Gasteiger partial charge in [-0.2, -0.15) is 0 Å². The fraction of sp³-hybridized carbons (Fsp3) is 0.429. The van der Waals surface area contributed by atoms with Crippen LogP contribution in [-0.2, 0) is 21.7 Å². The minimum absolute atomic E-state index is 0.0296. The molecule has 2 heteroatoms. The number of rotatable bonds is 1. The van der Waals surface area contributed by atoms with E-state index < -0.39 is 0 Å². The third-order valence-corrected chi connectivity index (χ3v) is 14.6. The maximum Gasteiger partial charge on any atom is 0.135 e. The van der Waals surface area contributed by atoms with Crippen molar-refractivity contribution in [1.82, 2.24) is 4.57 Å². The van der Waals surface area contributed by atoms with Crippen LogP contribution in [0.15, 0.2) is 71.1 Å². The fourth-order valence-corrected chi connectivity index (χ4v) is 9.22. The van der Waals surface area contributed by atoms with Gasteiger partial charge in [0.1, 0.15) is 11.2 Å². The largest absolute Gasteiger partial charge is 0.456 e. The van der Waals surface area contributed by atoms with Crippen molar-refractivity contribution < 1.29 is 4.42 Å². The zero-order chi connectivity index (χ0) is 31.6. The number of aromatic nitrogens is 1. The van der Waals surface area contributed by atoms with E-state index in [0.717, 1.165) is 11.2 Å². The number of furan rings is 1. The van der Waals surface area contributed by atoms with Gasteiger partial charge in [-0.15, -0.1) is 0 Å². The quantitative estimate of drug-likeness (QED) is 0.189. The normalized spacial score (nSPS) is 21.8. The predicted octanol–water partition coefficient (Wildman–Crippen LogP) is 11.9. The van der Waals surface area contributed by atoms with Crippen LogP contribution in [0.3, 0.4) is 0 Å². The summed E-state index contributed by atoms with van der Waals surface area (Å²) in [5.74, 6) is 0. The molecule has 44 heavy (non-hydrogen) atoms. The highest BCUT2D eigenvalue weighted by Crippen LogP contribution is 2.64. The minimum Gasteiger partial charge on any atom is -0.456 e. The molecule has 8 rings (SSSR count). The molecule has 0 radical (unpaired) electrons. The van der Waals surface area contributed by atoms with Gasteiger partial charge in [-0.3, -0.25) is 0 Å². The Bertz CT molecular complexity index is 2120. The summed E-state index contributed by atoms with van der Waals surface area (Å²) in [6.07, 6.45) is 0. The van der Waals surface area contributed by atoms with Crippen molar-refractivity contribution in [3.05, 3.63) is 89.0 Å². The van der Waals surface area contributed by atoms with Crippen LogP contribution in [0.25, 0.3) is 49.4 Å². The molecule has 0 aliphatic heterocycles. The van der Waals surface area contributed by atoms with E-state index in [0.29, 0.717) is 0 Å². The second kappa shape index (κ2) is 7.82. The van der Waals surface area contributed by atoms with Gasteiger partial charge in [0.2, 0.25) is 0 Å². The van der Waals surface area contributed by atoms with Crippen LogP contribution < -0.4 is 0 Å². The van der Waals surface area contributed by atoms with E-state index >= 15 is 0 Å². The molecule has 0 atom stereocenters. The van der Waals surface area contributed by atoms with Crippen molar-refractivity contribution in [3.8, 4) is 5.69 Å². The van der Waals surface area contributed by atoms with Crippen molar-refractivity contribution >= 4 is 43.7 Å². The highest BCUT2D eigenvalue weighted by Gasteiger charge is 2.58. The number of hydrogen-bond acceptors (Lipinski definition) is 1. The van der Waals surface area contributed by atoms with Crippen molar-refractivity contribution in [3.63, 3.8) is 0 Å². The smallest absolute Gasteiger partial charge is 0.135 e. The Morgan fingerprint density at radius 2 is 0.864 bits per heavy atom. The number of fused-ring (bicyclic) bond motifs is 8. The lowest BCUT2D eigenvalue weighted by Crippen LogP contribution is -2.42. The summed E-state index contributed by atoms with van der Waals surface area (Å²) >= 11 is 0. The van der Waals surface area contributed by atoms with Crippen molar-refractivity contribution in [2.45, 2.75) is 105 Å². The van der Waals surface area contributed by atoms with Crippen LogP contribution in [0.4, 0.5) is 0 Å². The molecule has 0 saturated carbocycles. The molecule has 2 heterocycles. The SMILES string of the molecule is CC1(C)c2cc3c4cc5c(cc4n(-c4ccc6oc7ccccc7c6c4)c3cc2C(C)(C)C1(C)C)C(C)(C)C(C)(C)C5(C)C. The second-order valence-corrected chi connectivity index (χ2v) is 17.2. The van der Waals surface area contributed by atoms with E-state index in [9.17, 15) is 0 Å². The van der Waals surface area contributed by atoms with Crippen LogP contribution >= 0.6 is 0 Å². The van der Waals surface area contributed by atoms with E-state index in [2.05, 4.69) is 154 Å². The average Bonchev–Trinajstić information content (AvgIpc) is 3.54. The predicted molar refractivity (Wildman–Crippen MR) is 188 cm³/mol. The Balaban J connectivity index is 1.54. The fourth-order valence-electron chi connectivity index (χ4n) is 9.22. The lowest BCUT2D eigenvalue weighted by Gasteiger charge is -2.44. The molecule has 2 aromatic heterocycles. The summed E-state index contributed by atoms with van der Waals surface area (Å²) in [5, 5.41) is 5.05. The topological polar surface area (TPSA) is 18.1 Å². The number of benzene rings is 4. The van der Waals surface area contributed by atoms with Crippen LogP contribution in [0.2, 0.25) is 0 Å². The minimum atomic E-state index is 0.0296. The number of hydrogen-bond donors (Lipinski definition) is 0. The van der Waals surface area contributed by atoms with Gasteiger partial charge in [0, 0.05) is 27.2 Å². The molecule has 2 aliphatic rings. The first-order valence-electron chi connectivity index (χ1n) is 16.5. The molecule has 0 amide bonds. The average molecular weight is 582 g/mol. The Kier molecular flexibility index (Phi) is 4.97. The van der Waals surface area contributed by atoms with Gasteiger partial charge >= 0.3 is 0 Å². The summed E-state index contributed by atoms with van der Waals surface area (Å²) in [7, 11) is 0. The van der Waals surface area contributed by atoms with Gasteiger partial charge < -0.3 is 8.98 Å². The third kappa shape index (κ3) is 2.90. The molecular weight excluding hydrogens is 534 g/mol. The summed E-state index contributed by atoms with van der Waals surface area (Å²) in [6.45, 7) is 29.5. The summed E-state index contributed by atoms with van der Waals surface area (Å²) in [6, 6.07) is 25.4. The van der Waals surface area contributed by atoms with Crippen LogP contribution in [0.1, 0.15) is 105 Å².